The fourth-order valence-electron chi connectivity index (χ4n) is 1.77. The van der Waals surface area contributed by atoms with Gasteiger partial charge in [0.05, 0.1) is 7.11 Å². The fraction of sp³-hybridized carbons (Fsp3) is 0.600. The van der Waals surface area contributed by atoms with Crippen molar-refractivity contribution < 1.29 is 4.74 Å². The molecule has 1 aromatic rings. The molecule has 0 aliphatic carbocycles. The molecule has 0 radical (unpaired) electrons. The summed E-state index contributed by atoms with van der Waals surface area (Å²) in [5.74, 6) is 2.02. The lowest BCUT2D eigenvalue weighted by atomic mass is 9.88. The third-order valence-corrected chi connectivity index (χ3v) is 4.12. The highest BCUT2D eigenvalue weighted by Crippen LogP contribution is 2.32. The summed E-state index contributed by atoms with van der Waals surface area (Å²) in [5, 5.41) is 3.57. The van der Waals surface area contributed by atoms with Crippen LogP contribution in [0.25, 0.3) is 0 Å². The molecule has 0 amide bonds. The first-order valence-corrected chi connectivity index (χ1v) is 7.46. The molecule has 3 heteroatoms. The van der Waals surface area contributed by atoms with E-state index in [1.54, 1.807) is 7.11 Å². The number of nitrogens with one attached hydrogen (secondary N) is 1. The molecule has 0 aliphatic heterocycles. The minimum absolute atomic E-state index is 0.269. The average Bonchev–Trinajstić information content (AvgIpc) is 2.33. The lowest BCUT2D eigenvalue weighted by molar-refractivity contribution is 0.295. The van der Waals surface area contributed by atoms with Crippen LogP contribution in [0.4, 0.5) is 0 Å². The van der Waals surface area contributed by atoms with E-state index < -0.39 is 0 Å². The Balaban J connectivity index is 2.67. The maximum Gasteiger partial charge on any atom is 0.132 e. The van der Waals surface area contributed by atoms with Gasteiger partial charge >= 0.3 is 0 Å². The Kier molecular flexibility index (Phi) is 6.03. The number of benzene rings is 1. The second-order valence-electron chi connectivity index (χ2n) is 5.44. The third-order valence-electron chi connectivity index (χ3n) is 2.97. The molecular formula is C15H25NOS. The Labute approximate surface area is 116 Å². The zero-order valence-electron chi connectivity index (χ0n) is 12.1. The molecule has 0 saturated carbocycles. The highest BCUT2D eigenvalue weighted by atomic mass is 32.2. The van der Waals surface area contributed by atoms with Gasteiger partial charge in [-0.25, -0.2) is 0 Å². The van der Waals surface area contributed by atoms with Crippen LogP contribution in [0.2, 0.25) is 0 Å². The number of ether oxygens (including phenoxy) is 1. The smallest absolute Gasteiger partial charge is 0.132 e. The van der Waals surface area contributed by atoms with Gasteiger partial charge in [0.1, 0.15) is 5.75 Å². The van der Waals surface area contributed by atoms with Crippen molar-refractivity contribution in [2.24, 2.45) is 5.41 Å². The van der Waals surface area contributed by atoms with E-state index in [1.165, 1.54) is 4.90 Å². The summed E-state index contributed by atoms with van der Waals surface area (Å²) >= 11 is 1.86. The van der Waals surface area contributed by atoms with Gasteiger partial charge in [0.25, 0.3) is 0 Å². The quantitative estimate of drug-likeness (QED) is 0.792. The Morgan fingerprint density at radius 1 is 1.28 bits per heavy atom. The second kappa shape index (κ2) is 7.05. The number of para-hydroxylation sites is 1. The van der Waals surface area contributed by atoms with Crippen LogP contribution in [-0.2, 0) is 0 Å². The maximum atomic E-state index is 5.38. The van der Waals surface area contributed by atoms with E-state index in [0.29, 0.717) is 6.04 Å². The molecule has 0 bridgehead atoms. The van der Waals surface area contributed by atoms with E-state index in [1.807, 2.05) is 23.9 Å². The summed E-state index contributed by atoms with van der Waals surface area (Å²) in [6.07, 6.45) is 0. The van der Waals surface area contributed by atoms with E-state index in [9.17, 15) is 0 Å². The molecule has 1 unspecified atom stereocenters. The van der Waals surface area contributed by atoms with Gasteiger partial charge in [-0.1, -0.05) is 39.8 Å². The monoisotopic (exact) mass is 267 g/mol. The number of hydrogen-bond donors (Lipinski definition) is 1. The lowest BCUT2D eigenvalue weighted by Gasteiger charge is -2.31. The molecule has 0 spiro atoms. The summed E-state index contributed by atoms with van der Waals surface area (Å²) in [4.78, 5) is 1.21. The lowest BCUT2D eigenvalue weighted by Crippen LogP contribution is -2.42. The van der Waals surface area contributed by atoms with Gasteiger partial charge in [0.15, 0.2) is 0 Å². The van der Waals surface area contributed by atoms with E-state index in [4.69, 9.17) is 4.74 Å². The van der Waals surface area contributed by atoms with Crippen molar-refractivity contribution in [3.8, 4) is 5.75 Å². The van der Waals surface area contributed by atoms with Gasteiger partial charge in [-0.2, -0.15) is 0 Å². The minimum Gasteiger partial charge on any atom is -0.496 e. The zero-order valence-corrected chi connectivity index (χ0v) is 12.9. The van der Waals surface area contributed by atoms with Gasteiger partial charge in [0, 0.05) is 16.7 Å². The molecule has 102 valence electrons. The number of hydrogen-bond acceptors (Lipinski definition) is 3. The standard InChI is InChI=1S/C15H25NOS/c1-6-16-14(15(2,3)4)11-18-13-10-8-7-9-12(13)17-5/h7-10,14,16H,6,11H2,1-5H3. The average molecular weight is 267 g/mol. The van der Waals surface area contributed by atoms with Crippen molar-refractivity contribution in [3.63, 3.8) is 0 Å². The van der Waals surface area contributed by atoms with Gasteiger partial charge in [0.2, 0.25) is 0 Å². The van der Waals surface area contributed by atoms with Crippen molar-refractivity contribution >= 4 is 11.8 Å². The molecule has 0 fully saturated rings. The highest BCUT2D eigenvalue weighted by molar-refractivity contribution is 7.99. The van der Waals surface area contributed by atoms with Crippen LogP contribution in [0, 0.1) is 5.41 Å². The molecule has 18 heavy (non-hydrogen) atoms. The van der Waals surface area contributed by atoms with Crippen LogP contribution in [-0.4, -0.2) is 25.4 Å². The molecule has 0 heterocycles. The maximum absolute atomic E-state index is 5.38. The predicted octanol–water partition coefficient (Wildman–Crippen LogP) is 3.81. The Hall–Kier alpha value is -0.670. The molecule has 2 nitrogen and oxygen atoms in total. The predicted molar refractivity (Wildman–Crippen MR) is 80.6 cm³/mol. The summed E-state index contributed by atoms with van der Waals surface area (Å²) in [6.45, 7) is 10.0. The molecule has 0 aromatic heterocycles. The molecule has 1 aromatic carbocycles. The second-order valence-corrected chi connectivity index (χ2v) is 6.50. The molecule has 1 atom stereocenters. The van der Waals surface area contributed by atoms with Gasteiger partial charge < -0.3 is 10.1 Å². The van der Waals surface area contributed by atoms with E-state index in [0.717, 1.165) is 18.0 Å². The Morgan fingerprint density at radius 2 is 1.94 bits per heavy atom. The van der Waals surface area contributed by atoms with Crippen LogP contribution in [0.1, 0.15) is 27.7 Å². The first kappa shape index (κ1) is 15.4. The minimum atomic E-state index is 0.269. The summed E-state index contributed by atoms with van der Waals surface area (Å²) in [7, 11) is 1.73. The highest BCUT2D eigenvalue weighted by Gasteiger charge is 2.23. The molecule has 0 aliphatic rings. The topological polar surface area (TPSA) is 21.3 Å². The van der Waals surface area contributed by atoms with Crippen molar-refractivity contribution in [2.45, 2.75) is 38.6 Å². The molecular weight excluding hydrogens is 242 g/mol. The molecule has 1 rings (SSSR count). The number of rotatable bonds is 6. The fourth-order valence-corrected chi connectivity index (χ4v) is 3.21. The van der Waals surface area contributed by atoms with Crippen molar-refractivity contribution in [3.05, 3.63) is 24.3 Å². The molecule has 0 saturated heterocycles. The first-order chi connectivity index (χ1) is 8.49. The molecule has 1 N–H and O–H groups in total. The Bertz CT molecular complexity index is 360. The van der Waals surface area contributed by atoms with Crippen molar-refractivity contribution in [1.82, 2.24) is 5.32 Å². The van der Waals surface area contributed by atoms with Crippen molar-refractivity contribution in [1.29, 1.82) is 0 Å². The van der Waals surface area contributed by atoms with E-state index in [-0.39, 0.29) is 5.41 Å². The van der Waals surface area contributed by atoms with Crippen LogP contribution >= 0.6 is 11.8 Å². The summed E-state index contributed by atoms with van der Waals surface area (Å²) < 4.78 is 5.38. The number of methoxy groups -OCH3 is 1. The van der Waals surface area contributed by atoms with Crippen LogP contribution in [0.3, 0.4) is 0 Å². The largest absolute Gasteiger partial charge is 0.496 e. The first-order valence-electron chi connectivity index (χ1n) is 6.48. The van der Waals surface area contributed by atoms with Crippen LogP contribution in [0.5, 0.6) is 5.75 Å². The summed E-state index contributed by atoms with van der Waals surface area (Å²) in [6, 6.07) is 8.70. The van der Waals surface area contributed by atoms with Crippen molar-refractivity contribution in [2.75, 3.05) is 19.4 Å². The van der Waals surface area contributed by atoms with E-state index in [2.05, 4.69) is 45.1 Å². The Morgan fingerprint density at radius 3 is 2.50 bits per heavy atom. The van der Waals surface area contributed by atoms with Crippen LogP contribution < -0.4 is 10.1 Å². The van der Waals surface area contributed by atoms with Gasteiger partial charge in [-0.3, -0.25) is 0 Å². The van der Waals surface area contributed by atoms with Gasteiger partial charge in [-0.05, 0) is 24.1 Å². The normalized spacial score (nSPS) is 13.4. The number of thioether (sulfide) groups is 1. The third kappa shape index (κ3) is 4.54. The van der Waals surface area contributed by atoms with E-state index >= 15 is 0 Å². The van der Waals surface area contributed by atoms with Gasteiger partial charge in [-0.15, -0.1) is 11.8 Å². The zero-order chi connectivity index (χ0) is 13.6. The van der Waals surface area contributed by atoms with Crippen LogP contribution in [0.15, 0.2) is 29.2 Å². The summed E-state index contributed by atoms with van der Waals surface area (Å²) in [5.41, 5.74) is 0.269. The SMILES string of the molecule is CCNC(CSc1ccccc1OC)C(C)(C)C.